The maximum atomic E-state index is 8.56. The fourth-order valence-electron chi connectivity index (χ4n) is 0. The van der Waals surface area contributed by atoms with Crippen LogP contribution in [0.5, 0.6) is 0 Å². The number of hydrogen-bond acceptors (Lipinski definition) is 3. The molecule has 10 heavy (non-hydrogen) atoms. The van der Waals surface area contributed by atoms with Gasteiger partial charge in [0, 0.05) is 7.11 Å². The molecule has 0 heterocycles. The van der Waals surface area contributed by atoms with Gasteiger partial charge in [0.25, 0.3) is 0 Å². The molecular weight excluding hydrogens is 148 g/mol. The van der Waals surface area contributed by atoms with Crippen molar-refractivity contribution >= 4 is 12.3 Å². The van der Waals surface area contributed by atoms with Crippen LogP contribution in [0.15, 0.2) is 0 Å². The molecule has 0 bridgehead atoms. The van der Waals surface area contributed by atoms with Gasteiger partial charge in [0.05, 0.1) is 0 Å². The van der Waals surface area contributed by atoms with E-state index in [9.17, 15) is 0 Å². The van der Waals surface area contributed by atoms with Crippen molar-refractivity contribution in [1.29, 1.82) is 0 Å². The van der Waals surface area contributed by atoms with E-state index in [0.717, 1.165) is 7.11 Å². The molecule has 0 amide bonds. The molecule has 0 spiro atoms. The summed E-state index contributed by atoms with van der Waals surface area (Å²) in [6, 6.07) is 0. The SMILES string of the molecule is CO.O=C(O)O.O=C(O)O. The molecule has 0 atom stereocenters. The van der Waals surface area contributed by atoms with Gasteiger partial charge >= 0.3 is 12.3 Å². The first-order valence-electron chi connectivity index (χ1n) is 1.75. The van der Waals surface area contributed by atoms with Gasteiger partial charge in [-0.2, -0.15) is 0 Å². The summed E-state index contributed by atoms with van der Waals surface area (Å²) < 4.78 is 0. The molecule has 0 unspecified atom stereocenters. The van der Waals surface area contributed by atoms with Crippen LogP contribution in [-0.2, 0) is 0 Å². The van der Waals surface area contributed by atoms with E-state index in [4.69, 9.17) is 35.1 Å². The van der Waals surface area contributed by atoms with Gasteiger partial charge in [0.2, 0.25) is 0 Å². The predicted octanol–water partition coefficient (Wildman–Crippen LogP) is 0.0533. The smallest absolute Gasteiger partial charge is 0.450 e. The summed E-state index contributed by atoms with van der Waals surface area (Å²) >= 11 is 0. The van der Waals surface area contributed by atoms with Crippen molar-refractivity contribution in [2.75, 3.05) is 7.11 Å². The summed E-state index contributed by atoms with van der Waals surface area (Å²) in [5.41, 5.74) is 0. The largest absolute Gasteiger partial charge is 0.503 e. The van der Waals surface area contributed by atoms with E-state index in [1.165, 1.54) is 0 Å². The highest BCUT2D eigenvalue weighted by molar-refractivity contribution is 5.53. The van der Waals surface area contributed by atoms with E-state index in [0.29, 0.717) is 0 Å². The molecule has 0 aliphatic heterocycles. The quantitative estimate of drug-likeness (QED) is 0.334. The topological polar surface area (TPSA) is 135 Å². The lowest BCUT2D eigenvalue weighted by Crippen LogP contribution is -1.81. The molecule has 0 aromatic rings. The Labute approximate surface area is 55.8 Å². The summed E-state index contributed by atoms with van der Waals surface area (Å²) in [5.74, 6) is 0. The molecule has 5 N–H and O–H groups in total. The molecule has 62 valence electrons. The van der Waals surface area contributed by atoms with Crippen molar-refractivity contribution in [2.45, 2.75) is 0 Å². The predicted molar refractivity (Wildman–Crippen MR) is 29.4 cm³/mol. The first-order valence-corrected chi connectivity index (χ1v) is 1.75. The van der Waals surface area contributed by atoms with Crippen LogP contribution in [0.2, 0.25) is 0 Å². The fraction of sp³-hybridized carbons (Fsp3) is 0.333. The molecule has 0 rings (SSSR count). The third-order valence-electron chi connectivity index (χ3n) is 0. The minimum absolute atomic E-state index is 1.00. The zero-order valence-electron chi connectivity index (χ0n) is 5.05. The van der Waals surface area contributed by atoms with Gasteiger partial charge < -0.3 is 25.5 Å². The first-order chi connectivity index (χ1) is 4.46. The Hall–Kier alpha value is -1.50. The summed E-state index contributed by atoms with van der Waals surface area (Å²) in [6.07, 6.45) is -3.67. The first kappa shape index (κ1) is 15.8. The van der Waals surface area contributed by atoms with Crippen molar-refractivity contribution in [3.8, 4) is 0 Å². The van der Waals surface area contributed by atoms with Crippen LogP contribution in [0.3, 0.4) is 0 Å². The van der Waals surface area contributed by atoms with Crippen LogP contribution in [-0.4, -0.2) is 45.0 Å². The minimum atomic E-state index is -1.83. The van der Waals surface area contributed by atoms with Gasteiger partial charge in [-0.1, -0.05) is 0 Å². The molecule has 0 aliphatic carbocycles. The van der Waals surface area contributed by atoms with Crippen molar-refractivity contribution in [3.63, 3.8) is 0 Å². The number of rotatable bonds is 0. The monoisotopic (exact) mass is 156 g/mol. The summed E-state index contributed by atoms with van der Waals surface area (Å²) in [7, 11) is 1.00. The van der Waals surface area contributed by atoms with Crippen LogP contribution in [0.1, 0.15) is 0 Å². The van der Waals surface area contributed by atoms with Crippen LogP contribution in [0, 0.1) is 0 Å². The Kier molecular flexibility index (Phi) is 24.7. The Bertz CT molecular complexity index is 66.9. The average molecular weight is 156 g/mol. The van der Waals surface area contributed by atoms with Gasteiger partial charge in [-0.25, -0.2) is 9.59 Å². The standard InChI is InChI=1S/2CH2O3.CH4O/c2*2-1(3)4;1-2/h2*(H2,2,3,4);2H,1H3. The van der Waals surface area contributed by atoms with Crippen molar-refractivity contribution in [1.82, 2.24) is 0 Å². The van der Waals surface area contributed by atoms with Gasteiger partial charge in [-0.3, -0.25) is 0 Å². The number of carbonyl (C=O) groups is 2. The Morgan fingerprint density at radius 1 is 0.800 bits per heavy atom. The number of carboxylic acid groups (broad SMARTS) is 4. The van der Waals surface area contributed by atoms with Crippen LogP contribution in [0.25, 0.3) is 0 Å². The second-order valence-electron chi connectivity index (χ2n) is 0.565. The number of hydrogen-bond donors (Lipinski definition) is 5. The average Bonchev–Trinajstić information content (AvgIpc) is 1.66. The second kappa shape index (κ2) is 15.6. The van der Waals surface area contributed by atoms with Crippen molar-refractivity contribution in [3.05, 3.63) is 0 Å². The normalized spacial score (nSPS) is 5.40. The highest BCUT2D eigenvalue weighted by atomic mass is 16.6. The van der Waals surface area contributed by atoms with Gasteiger partial charge in [-0.15, -0.1) is 0 Å². The van der Waals surface area contributed by atoms with Gasteiger partial charge in [0.1, 0.15) is 0 Å². The molecule has 7 nitrogen and oxygen atoms in total. The zero-order chi connectivity index (χ0) is 9.15. The van der Waals surface area contributed by atoms with Crippen LogP contribution < -0.4 is 0 Å². The molecule has 7 heteroatoms. The summed E-state index contributed by atoms with van der Waals surface area (Å²) in [6.45, 7) is 0. The van der Waals surface area contributed by atoms with Gasteiger partial charge in [0.15, 0.2) is 0 Å². The molecule has 0 saturated heterocycles. The van der Waals surface area contributed by atoms with Crippen LogP contribution >= 0.6 is 0 Å². The summed E-state index contributed by atoms with van der Waals surface area (Å²) in [4.78, 5) is 17.1. The second-order valence-corrected chi connectivity index (χ2v) is 0.565. The highest BCUT2D eigenvalue weighted by Gasteiger charge is 1.70. The maximum absolute atomic E-state index is 8.56. The third kappa shape index (κ3) is 87.4. The van der Waals surface area contributed by atoms with Crippen molar-refractivity contribution < 1.29 is 35.1 Å². The zero-order valence-corrected chi connectivity index (χ0v) is 5.05. The Morgan fingerprint density at radius 2 is 0.800 bits per heavy atom. The van der Waals surface area contributed by atoms with E-state index >= 15 is 0 Å². The molecule has 0 aromatic heterocycles. The van der Waals surface area contributed by atoms with E-state index in [2.05, 4.69) is 0 Å². The lowest BCUT2D eigenvalue weighted by atomic mass is 11.5. The maximum Gasteiger partial charge on any atom is 0.503 e. The van der Waals surface area contributed by atoms with Crippen molar-refractivity contribution in [2.24, 2.45) is 0 Å². The van der Waals surface area contributed by atoms with E-state index in [1.54, 1.807) is 0 Å². The lowest BCUT2D eigenvalue weighted by Gasteiger charge is -1.60. The summed E-state index contributed by atoms with van der Waals surface area (Å²) in [5, 5.41) is 34.9. The number of aliphatic hydroxyl groups is 1. The van der Waals surface area contributed by atoms with E-state index in [-0.39, 0.29) is 0 Å². The number of aliphatic hydroxyl groups excluding tert-OH is 1. The molecule has 0 fully saturated rings. The highest BCUT2D eigenvalue weighted by Crippen LogP contribution is 1.43. The van der Waals surface area contributed by atoms with E-state index < -0.39 is 12.3 Å². The molecule has 0 saturated carbocycles. The molecule has 0 aromatic carbocycles. The lowest BCUT2D eigenvalue weighted by molar-refractivity contribution is 0.135. The van der Waals surface area contributed by atoms with Crippen LogP contribution in [0.4, 0.5) is 9.59 Å². The minimum Gasteiger partial charge on any atom is -0.450 e. The Morgan fingerprint density at radius 3 is 0.800 bits per heavy atom. The van der Waals surface area contributed by atoms with E-state index in [1.807, 2.05) is 0 Å². The molecular formula is C3H8O7. The molecule has 0 aliphatic rings. The molecule has 0 radical (unpaired) electrons. The third-order valence-corrected chi connectivity index (χ3v) is 0. The fourth-order valence-corrected chi connectivity index (χ4v) is 0. The van der Waals surface area contributed by atoms with Gasteiger partial charge in [-0.05, 0) is 0 Å². The Balaban J connectivity index is -0.0000000787.